The number of unbranched alkanes of at least 4 members (excludes halogenated alkanes) is 20. The first-order chi connectivity index (χ1) is 18.2. The molecule has 37 heavy (non-hydrogen) atoms. The van der Waals surface area contributed by atoms with Gasteiger partial charge >= 0.3 is 0 Å². The van der Waals surface area contributed by atoms with Crippen molar-refractivity contribution in [3.63, 3.8) is 0 Å². The fourth-order valence-corrected chi connectivity index (χ4v) is 6.07. The molecule has 0 aliphatic rings. The minimum Gasteiger partial charge on any atom is -0.247 e. The monoisotopic (exact) mass is 518 g/mol. The topological polar surface area (TPSA) is 19.7 Å². The third kappa shape index (κ3) is 18.2. The van der Waals surface area contributed by atoms with Gasteiger partial charge in [-0.15, -0.1) is 0 Å². The Labute approximate surface area is 234 Å². The Bertz CT molecular complexity index is 578. The first kappa shape index (κ1) is 34.2. The summed E-state index contributed by atoms with van der Waals surface area (Å²) >= 11 is 0. The summed E-state index contributed by atoms with van der Waals surface area (Å²) in [6.07, 6.45) is 41.2. The summed E-state index contributed by atoms with van der Waals surface area (Å²) in [5, 5.41) is 0. The van der Waals surface area contributed by atoms with E-state index in [1.807, 2.05) is 0 Å². The second-order valence-corrected chi connectivity index (χ2v) is 12.2. The number of hydrogen-bond acceptors (Lipinski definition) is 0. The molecule has 0 amide bonds. The van der Waals surface area contributed by atoms with E-state index >= 15 is 0 Å². The minimum atomic E-state index is 0.622. The van der Waals surface area contributed by atoms with E-state index in [1.165, 1.54) is 173 Å². The van der Waals surface area contributed by atoms with Gasteiger partial charge in [-0.3, -0.25) is 0 Å². The van der Waals surface area contributed by atoms with Crippen LogP contribution in [0.25, 0.3) is 0 Å². The molecular formula is C35H69N2+. The van der Waals surface area contributed by atoms with Crippen LogP contribution in [0, 0.1) is 0 Å². The standard InChI is InChI=1S/C35H68N2/c1-5-8-11-14-16-17-18-19-21-24-27-30-34(29-26-23-20-15-12-9-6-2)35-36-31-32-37(35)33(4)28-25-22-13-10-7-3/h31-34H,5-30H2,1-4H3/p+1. The van der Waals surface area contributed by atoms with Gasteiger partial charge in [0, 0.05) is 0 Å². The Hall–Kier alpha value is -0.790. The molecule has 1 N–H and O–H groups in total. The van der Waals surface area contributed by atoms with Gasteiger partial charge in [0.1, 0.15) is 12.4 Å². The highest BCUT2D eigenvalue weighted by molar-refractivity contribution is 4.90. The van der Waals surface area contributed by atoms with Crippen molar-refractivity contribution in [2.75, 3.05) is 0 Å². The fraction of sp³-hybridized carbons (Fsp3) is 0.914. The van der Waals surface area contributed by atoms with Gasteiger partial charge in [0.15, 0.2) is 0 Å². The van der Waals surface area contributed by atoms with Gasteiger partial charge < -0.3 is 0 Å². The van der Waals surface area contributed by atoms with Crippen molar-refractivity contribution in [2.24, 2.45) is 0 Å². The highest BCUT2D eigenvalue weighted by Crippen LogP contribution is 2.27. The lowest BCUT2D eigenvalue weighted by molar-refractivity contribution is -0.727. The molecule has 2 atom stereocenters. The van der Waals surface area contributed by atoms with Crippen LogP contribution in [0.15, 0.2) is 12.4 Å². The Kier molecular flexibility index (Phi) is 23.6. The second kappa shape index (κ2) is 25.5. The SMILES string of the molecule is CCCCCCCCCCCCCC(CCCCCCCCC)c1[nH]cc[n+]1C(C)CCCCCCC. The van der Waals surface area contributed by atoms with Crippen LogP contribution in [0.3, 0.4) is 0 Å². The molecule has 1 aromatic rings. The average Bonchev–Trinajstić information content (AvgIpc) is 3.40. The number of nitrogens with zero attached hydrogens (tertiary/aromatic N) is 1. The van der Waals surface area contributed by atoms with Gasteiger partial charge in [0.2, 0.25) is 0 Å². The first-order valence-electron chi connectivity index (χ1n) is 17.3. The molecule has 0 saturated heterocycles. The van der Waals surface area contributed by atoms with Crippen molar-refractivity contribution < 1.29 is 4.57 Å². The zero-order valence-electron chi connectivity index (χ0n) is 26.1. The Balaban J connectivity index is 2.45. The van der Waals surface area contributed by atoms with Crippen LogP contribution in [0.4, 0.5) is 0 Å². The minimum absolute atomic E-state index is 0.622. The molecule has 0 saturated carbocycles. The van der Waals surface area contributed by atoms with Crippen LogP contribution in [-0.2, 0) is 0 Å². The fourth-order valence-electron chi connectivity index (χ4n) is 6.07. The number of imidazole rings is 1. The van der Waals surface area contributed by atoms with E-state index in [2.05, 4.69) is 49.6 Å². The van der Waals surface area contributed by atoms with Crippen LogP contribution < -0.4 is 4.57 Å². The molecule has 2 nitrogen and oxygen atoms in total. The summed E-state index contributed by atoms with van der Waals surface area (Å²) in [5.41, 5.74) is 0. The zero-order chi connectivity index (χ0) is 26.8. The van der Waals surface area contributed by atoms with Gasteiger partial charge in [-0.05, 0) is 32.6 Å². The summed E-state index contributed by atoms with van der Waals surface area (Å²) in [7, 11) is 0. The number of rotatable bonds is 28. The molecule has 0 spiro atoms. The molecule has 0 bridgehead atoms. The maximum Gasteiger partial charge on any atom is 0.257 e. The summed E-state index contributed by atoms with van der Waals surface area (Å²) in [5.74, 6) is 2.24. The maximum absolute atomic E-state index is 3.72. The van der Waals surface area contributed by atoms with E-state index in [0.29, 0.717) is 12.0 Å². The number of nitrogens with one attached hydrogen (secondary N) is 1. The molecule has 218 valence electrons. The van der Waals surface area contributed by atoms with Crippen molar-refractivity contribution in [3.8, 4) is 0 Å². The van der Waals surface area contributed by atoms with Crippen molar-refractivity contribution in [1.29, 1.82) is 0 Å². The molecule has 0 radical (unpaired) electrons. The molecule has 1 heterocycles. The zero-order valence-corrected chi connectivity index (χ0v) is 26.1. The van der Waals surface area contributed by atoms with Gasteiger partial charge in [0.05, 0.1) is 12.0 Å². The van der Waals surface area contributed by atoms with Gasteiger partial charge in [-0.1, -0.05) is 162 Å². The summed E-state index contributed by atoms with van der Waals surface area (Å²) in [4.78, 5) is 3.72. The van der Waals surface area contributed by atoms with Crippen molar-refractivity contribution in [1.82, 2.24) is 4.98 Å². The molecule has 2 heteroatoms. The number of hydrogen-bond donors (Lipinski definition) is 1. The highest BCUT2D eigenvalue weighted by Gasteiger charge is 2.25. The van der Waals surface area contributed by atoms with Crippen molar-refractivity contribution in [2.45, 2.75) is 207 Å². The second-order valence-electron chi connectivity index (χ2n) is 12.2. The lowest BCUT2D eigenvalue weighted by Crippen LogP contribution is -2.41. The molecule has 0 aliphatic carbocycles. The maximum atomic E-state index is 3.72. The third-order valence-corrected chi connectivity index (χ3v) is 8.64. The van der Waals surface area contributed by atoms with E-state index < -0.39 is 0 Å². The van der Waals surface area contributed by atoms with Crippen molar-refractivity contribution in [3.05, 3.63) is 18.2 Å². The molecule has 2 unspecified atom stereocenters. The predicted molar refractivity (Wildman–Crippen MR) is 166 cm³/mol. The van der Waals surface area contributed by atoms with E-state index in [0.717, 1.165) is 0 Å². The lowest BCUT2D eigenvalue weighted by atomic mass is 9.92. The number of aromatic nitrogens is 2. The van der Waals surface area contributed by atoms with Crippen LogP contribution in [0.2, 0.25) is 0 Å². The van der Waals surface area contributed by atoms with Crippen LogP contribution >= 0.6 is 0 Å². The Morgan fingerprint density at radius 3 is 1.27 bits per heavy atom. The van der Waals surface area contributed by atoms with E-state index in [9.17, 15) is 0 Å². The molecule has 1 rings (SSSR count). The van der Waals surface area contributed by atoms with E-state index in [4.69, 9.17) is 0 Å². The average molecular weight is 518 g/mol. The molecule has 0 fully saturated rings. The van der Waals surface area contributed by atoms with E-state index in [1.54, 1.807) is 0 Å². The first-order valence-corrected chi connectivity index (χ1v) is 17.3. The molecule has 0 aromatic carbocycles. The summed E-state index contributed by atoms with van der Waals surface area (Å²) < 4.78 is 2.62. The predicted octanol–water partition coefficient (Wildman–Crippen LogP) is 12.1. The molecule has 1 aromatic heterocycles. The molecule has 0 aliphatic heterocycles. The quantitative estimate of drug-likeness (QED) is 0.0842. The Morgan fingerprint density at radius 1 is 0.514 bits per heavy atom. The third-order valence-electron chi connectivity index (χ3n) is 8.64. The smallest absolute Gasteiger partial charge is 0.247 e. The van der Waals surface area contributed by atoms with Gasteiger partial charge in [0.25, 0.3) is 5.82 Å². The van der Waals surface area contributed by atoms with Crippen LogP contribution in [0.1, 0.15) is 212 Å². The van der Waals surface area contributed by atoms with Gasteiger partial charge in [-0.2, -0.15) is 0 Å². The van der Waals surface area contributed by atoms with Crippen LogP contribution in [0.5, 0.6) is 0 Å². The molecular weight excluding hydrogens is 448 g/mol. The summed E-state index contributed by atoms with van der Waals surface area (Å²) in [6.45, 7) is 9.39. The largest absolute Gasteiger partial charge is 0.257 e. The van der Waals surface area contributed by atoms with Gasteiger partial charge in [-0.25, -0.2) is 9.55 Å². The normalized spacial score (nSPS) is 13.3. The van der Waals surface area contributed by atoms with Crippen molar-refractivity contribution >= 4 is 0 Å². The Morgan fingerprint density at radius 2 is 0.865 bits per heavy atom. The highest BCUT2D eigenvalue weighted by atomic mass is 15.1. The summed E-state index contributed by atoms with van der Waals surface area (Å²) in [6, 6.07) is 0.622. The number of aromatic amines is 1. The van der Waals surface area contributed by atoms with E-state index in [-0.39, 0.29) is 0 Å². The number of H-pyrrole nitrogens is 1. The lowest BCUT2D eigenvalue weighted by Gasteiger charge is -2.17. The van der Waals surface area contributed by atoms with Crippen LogP contribution in [-0.4, -0.2) is 4.98 Å².